The normalized spacial score (nSPS) is 17.0. The minimum absolute atomic E-state index is 1.00. The van der Waals surface area contributed by atoms with Crippen LogP contribution in [-0.4, -0.2) is 25.1 Å². The molecule has 88 valence electrons. The zero-order chi connectivity index (χ0) is 11.4. The van der Waals surface area contributed by atoms with Crippen molar-refractivity contribution in [3.8, 4) is 0 Å². The standard InChI is InChI=1S/C13H21N3/c1-11-7-8-12(15-13(11)14-2)16-9-5-3-4-6-10-16/h7-8H,3-6,9-10H2,1-2H3,(H,14,15). The molecule has 2 heterocycles. The molecule has 0 amide bonds. The first-order valence-corrected chi connectivity index (χ1v) is 6.21. The molecule has 0 spiro atoms. The van der Waals surface area contributed by atoms with Crippen LogP contribution >= 0.6 is 0 Å². The monoisotopic (exact) mass is 219 g/mol. The number of aryl methyl sites for hydroxylation is 1. The smallest absolute Gasteiger partial charge is 0.131 e. The van der Waals surface area contributed by atoms with Crippen molar-refractivity contribution in [3.63, 3.8) is 0 Å². The minimum Gasteiger partial charge on any atom is -0.373 e. The summed E-state index contributed by atoms with van der Waals surface area (Å²) in [5, 5.41) is 3.15. The lowest BCUT2D eigenvalue weighted by atomic mass is 10.2. The molecule has 1 aliphatic heterocycles. The highest BCUT2D eigenvalue weighted by atomic mass is 15.2. The number of nitrogens with zero attached hydrogens (tertiary/aromatic N) is 2. The van der Waals surface area contributed by atoms with Gasteiger partial charge in [-0.15, -0.1) is 0 Å². The van der Waals surface area contributed by atoms with E-state index in [0.717, 1.165) is 24.7 Å². The van der Waals surface area contributed by atoms with Crippen LogP contribution in [0.5, 0.6) is 0 Å². The molecule has 2 rings (SSSR count). The number of nitrogens with one attached hydrogen (secondary N) is 1. The maximum atomic E-state index is 4.67. The summed E-state index contributed by atoms with van der Waals surface area (Å²) in [6.45, 7) is 4.39. The SMILES string of the molecule is CNc1nc(N2CCCCCC2)ccc1C. The van der Waals surface area contributed by atoms with Crippen LogP contribution < -0.4 is 10.2 Å². The topological polar surface area (TPSA) is 28.2 Å². The van der Waals surface area contributed by atoms with Gasteiger partial charge >= 0.3 is 0 Å². The van der Waals surface area contributed by atoms with E-state index in [1.807, 2.05) is 7.05 Å². The van der Waals surface area contributed by atoms with Crippen molar-refractivity contribution in [1.82, 2.24) is 4.98 Å². The third-order valence-corrected chi connectivity index (χ3v) is 3.25. The number of aromatic nitrogens is 1. The summed E-state index contributed by atoms with van der Waals surface area (Å²) in [5.41, 5.74) is 1.21. The Hall–Kier alpha value is -1.25. The van der Waals surface area contributed by atoms with E-state index >= 15 is 0 Å². The lowest BCUT2D eigenvalue weighted by Gasteiger charge is -2.22. The summed E-state index contributed by atoms with van der Waals surface area (Å²) in [6.07, 6.45) is 5.32. The highest BCUT2D eigenvalue weighted by Crippen LogP contribution is 2.21. The Morgan fingerprint density at radius 1 is 1.12 bits per heavy atom. The molecule has 16 heavy (non-hydrogen) atoms. The van der Waals surface area contributed by atoms with E-state index in [2.05, 4.69) is 34.3 Å². The Kier molecular flexibility index (Phi) is 3.65. The lowest BCUT2D eigenvalue weighted by molar-refractivity contribution is 0.726. The van der Waals surface area contributed by atoms with Gasteiger partial charge in [0, 0.05) is 20.1 Å². The van der Waals surface area contributed by atoms with Crippen molar-refractivity contribution in [1.29, 1.82) is 0 Å². The van der Waals surface area contributed by atoms with E-state index in [-0.39, 0.29) is 0 Å². The fourth-order valence-electron chi connectivity index (χ4n) is 2.25. The molecule has 1 fully saturated rings. The molecule has 1 aliphatic rings. The van der Waals surface area contributed by atoms with Crippen LogP contribution in [0.3, 0.4) is 0 Å². The number of pyridine rings is 1. The highest BCUT2D eigenvalue weighted by molar-refractivity contribution is 5.51. The van der Waals surface area contributed by atoms with Gasteiger partial charge in [0.15, 0.2) is 0 Å². The molecular formula is C13H21N3. The van der Waals surface area contributed by atoms with Gasteiger partial charge < -0.3 is 10.2 Å². The molecule has 1 aromatic heterocycles. The van der Waals surface area contributed by atoms with Crippen LogP contribution in [0.1, 0.15) is 31.2 Å². The minimum atomic E-state index is 1.00. The molecule has 0 atom stereocenters. The Labute approximate surface area is 97.9 Å². The second-order valence-electron chi connectivity index (χ2n) is 4.49. The maximum absolute atomic E-state index is 4.67. The zero-order valence-corrected chi connectivity index (χ0v) is 10.3. The average Bonchev–Trinajstić information content (AvgIpc) is 2.58. The van der Waals surface area contributed by atoms with Crippen LogP contribution in [0.2, 0.25) is 0 Å². The summed E-state index contributed by atoms with van der Waals surface area (Å²) < 4.78 is 0. The predicted octanol–water partition coefficient (Wildman–Crippen LogP) is 2.81. The van der Waals surface area contributed by atoms with Gasteiger partial charge in [0.2, 0.25) is 0 Å². The first-order chi connectivity index (χ1) is 7.81. The van der Waals surface area contributed by atoms with E-state index in [1.54, 1.807) is 0 Å². The summed E-state index contributed by atoms with van der Waals surface area (Å²) in [4.78, 5) is 7.08. The Morgan fingerprint density at radius 2 is 1.81 bits per heavy atom. The molecule has 0 aliphatic carbocycles. The third kappa shape index (κ3) is 2.46. The van der Waals surface area contributed by atoms with Gasteiger partial charge in [-0.1, -0.05) is 18.9 Å². The molecular weight excluding hydrogens is 198 g/mol. The fraction of sp³-hybridized carbons (Fsp3) is 0.615. The molecule has 0 unspecified atom stereocenters. The van der Waals surface area contributed by atoms with E-state index in [0.29, 0.717) is 0 Å². The first kappa shape index (κ1) is 11.2. The van der Waals surface area contributed by atoms with Crippen molar-refractivity contribution in [2.45, 2.75) is 32.6 Å². The van der Waals surface area contributed by atoms with Crippen LogP contribution in [0, 0.1) is 6.92 Å². The van der Waals surface area contributed by atoms with Gasteiger partial charge in [0.25, 0.3) is 0 Å². The summed E-state index contributed by atoms with van der Waals surface area (Å²) in [5.74, 6) is 2.12. The van der Waals surface area contributed by atoms with Crippen molar-refractivity contribution in [2.75, 3.05) is 30.4 Å². The molecule has 0 saturated carbocycles. The second kappa shape index (κ2) is 5.19. The summed E-state index contributed by atoms with van der Waals surface area (Å²) >= 11 is 0. The first-order valence-electron chi connectivity index (χ1n) is 6.21. The van der Waals surface area contributed by atoms with Gasteiger partial charge in [0.1, 0.15) is 11.6 Å². The van der Waals surface area contributed by atoms with E-state index in [4.69, 9.17) is 0 Å². The quantitative estimate of drug-likeness (QED) is 0.829. The number of rotatable bonds is 2. The fourth-order valence-corrected chi connectivity index (χ4v) is 2.25. The van der Waals surface area contributed by atoms with E-state index < -0.39 is 0 Å². The molecule has 1 saturated heterocycles. The lowest BCUT2D eigenvalue weighted by Crippen LogP contribution is -2.25. The number of anilines is 2. The Morgan fingerprint density at radius 3 is 2.44 bits per heavy atom. The van der Waals surface area contributed by atoms with E-state index in [9.17, 15) is 0 Å². The Balaban J connectivity index is 2.18. The molecule has 1 aromatic rings. The van der Waals surface area contributed by atoms with Crippen LogP contribution in [-0.2, 0) is 0 Å². The summed E-state index contributed by atoms with van der Waals surface area (Å²) in [7, 11) is 1.93. The van der Waals surface area contributed by atoms with Crippen LogP contribution in [0.4, 0.5) is 11.6 Å². The number of hydrogen-bond donors (Lipinski definition) is 1. The maximum Gasteiger partial charge on any atom is 0.131 e. The van der Waals surface area contributed by atoms with Gasteiger partial charge in [-0.3, -0.25) is 0 Å². The second-order valence-corrected chi connectivity index (χ2v) is 4.49. The number of hydrogen-bond acceptors (Lipinski definition) is 3. The largest absolute Gasteiger partial charge is 0.373 e. The zero-order valence-electron chi connectivity index (χ0n) is 10.3. The van der Waals surface area contributed by atoms with Gasteiger partial charge in [-0.2, -0.15) is 0 Å². The molecule has 3 heteroatoms. The van der Waals surface area contributed by atoms with Crippen molar-refractivity contribution in [2.24, 2.45) is 0 Å². The van der Waals surface area contributed by atoms with E-state index in [1.165, 1.54) is 31.2 Å². The molecule has 0 aromatic carbocycles. The van der Waals surface area contributed by atoms with Gasteiger partial charge in [-0.25, -0.2) is 4.98 Å². The molecule has 0 radical (unpaired) electrons. The Bertz CT molecular complexity index is 341. The summed E-state index contributed by atoms with van der Waals surface area (Å²) in [6, 6.07) is 4.29. The van der Waals surface area contributed by atoms with Crippen molar-refractivity contribution >= 4 is 11.6 Å². The van der Waals surface area contributed by atoms with Crippen LogP contribution in [0.25, 0.3) is 0 Å². The van der Waals surface area contributed by atoms with Crippen molar-refractivity contribution in [3.05, 3.63) is 17.7 Å². The molecule has 3 nitrogen and oxygen atoms in total. The average molecular weight is 219 g/mol. The third-order valence-electron chi connectivity index (χ3n) is 3.25. The molecule has 1 N–H and O–H groups in total. The van der Waals surface area contributed by atoms with Crippen LogP contribution in [0.15, 0.2) is 12.1 Å². The van der Waals surface area contributed by atoms with Gasteiger partial charge in [0.05, 0.1) is 0 Å². The van der Waals surface area contributed by atoms with Gasteiger partial charge in [-0.05, 0) is 31.4 Å². The van der Waals surface area contributed by atoms with Crippen molar-refractivity contribution < 1.29 is 0 Å². The highest BCUT2D eigenvalue weighted by Gasteiger charge is 2.11. The predicted molar refractivity (Wildman–Crippen MR) is 69.2 cm³/mol. The molecule has 0 bridgehead atoms.